The van der Waals surface area contributed by atoms with E-state index in [1.165, 1.54) is 12.4 Å². The molecule has 222 valence electrons. The van der Waals surface area contributed by atoms with Crippen LogP contribution in [-0.4, -0.2) is 36.2 Å². The summed E-state index contributed by atoms with van der Waals surface area (Å²) in [6.07, 6.45) is 2.60. The minimum atomic E-state index is -0.580. The molecular weight excluding hydrogens is 607 g/mol. The van der Waals surface area contributed by atoms with Gasteiger partial charge in [0.25, 0.3) is 0 Å². The fraction of sp³-hybridized carbons (Fsp3) is 0.0625. The lowest BCUT2D eigenvalue weighted by molar-refractivity contribution is -0.126. The van der Waals surface area contributed by atoms with Crippen LogP contribution in [0.5, 0.6) is 11.5 Å². The molecule has 0 atom stereocenters. The molecule has 2 amide bonds. The van der Waals surface area contributed by atoms with Crippen molar-refractivity contribution in [3.63, 3.8) is 0 Å². The Kier molecular flexibility index (Phi) is 11.3. The van der Waals surface area contributed by atoms with Gasteiger partial charge in [0, 0.05) is 12.8 Å². The van der Waals surface area contributed by atoms with Crippen LogP contribution in [0.15, 0.2) is 107 Å². The molecule has 0 fully saturated rings. The molecule has 0 heterocycles. The van der Waals surface area contributed by atoms with E-state index in [0.29, 0.717) is 32.7 Å². The van der Waals surface area contributed by atoms with E-state index in [0.717, 1.165) is 0 Å². The highest BCUT2D eigenvalue weighted by atomic mass is 35.5. The third-order valence-electron chi connectivity index (χ3n) is 5.75. The lowest BCUT2D eigenvalue weighted by atomic mass is 10.2. The number of halogens is 2. The number of hydrogen-bond acceptors (Lipinski definition) is 8. The summed E-state index contributed by atoms with van der Waals surface area (Å²) in [7, 11) is 0. The summed E-state index contributed by atoms with van der Waals surface area (Å²) in [5.74, 6) is -1.46. The molecule has 0 radical (unpaired) electrons. The number of carbonyl (C=O) groups is 4. The van der Waals surface area contributed by atoms with Crippen molar-refractivity contribution in [1.29, 1.82) is 0 Å². The molecule has 4 aromatic carbocycles. The zero-order chi connectivity index (χ0) is 31.3. The smallest absolute Gasteiger partial charge is 0.345 e. The molecule has 10 nitrogen and oxygen atoms in total. The predicted molar refractivity (Wildman–Crippen MR) is 166 cm³/mol. The molecule has 0 saturated heterocycles. The van der Waals surface area contributed by atoms with Crippen molar-refractivity contribution in [3.05, 3.63) is 129 Å². The maximum atomic E-state index is 12.3. The average Bonchev–Trinajstić information content (AvgIpc) is 3.02. The first-order chi connectivity index (χ1) is 21.3. The largest absolute Gasteiger partial charge is 0.423 e. The van der Waals surface area contributed by atoms with Gasteiger partial charge in [0.05, 0.1) is 33.6 Å². The summed E-state index contributed by atoms with van der Waals surface area (Å²) >= 11 is 12.0. The van der Waals surface area contributed by atoms with Crippen LogP contribution in [0.2, 0.25) is 10.0 Å². The molecular formula is C32H24Cl2N4O6. The molecule has 44 heavy (non-hydrogen) atoms. The van der Waals surface area contributed by atoms with Crippen molar-refractivity contribution in [1.82, 2.24) is 10.9 Å². The van der Waals surface area contributed by atoms with Gasteiger partial charge in [-0.05, 0) is 83.9 Å². The summed E-state index contributed by atoms with van der Waals surface area (Å²) in [6, 6.07) is 26.0. The maximum absolute atomic E-state index is 12.3. The molecule has 0 spiro atoms. The molecule has 12 heteroatoms. The molecule has 0 aliphatic carbocycles. The Hall–Kier alpha value is -5.32. The minimum absolute atomic E-state index is 0.110. The van der Waals surface area contributed by atoms with Crippen LogP contribution >= 0.6 is 23.2 Å². The van der Waals surface area contributed by atoms with Crippen LogP contribution in [0.25, 0.3) is 0 Å². The zero-order valence-corrected chi connectivity index (χ0v) is 24.4. The van der Waals surface area contributed by atoms with Gasteiger partial charge in [-0.1, -0.05) is 47.5 Å². The van der Waals surface area contributed by atoms with Crippen molar-refractivity contribution >= 4 is 59.4 Å². The Morgan fingerprint density at radius 1 is 0.568 bits per heavy atom. The summed E-state index contributed by atoms with van der Waals surface area (Å²) < 4.78 is 10.6. The summed E-state index contributed by atoms with van der Waals surface area (Å²) in [6.45, 7) is 0. The van der Waals surface area contributed by atoms with Gasteiger partial charge >= 0.3 is 11.9 Å². The first-order valence-electron chi connectivity index (χ1n) is 13.1. The number of ether oxygens (including phenoxy) is 2. The number of rotatable bonds is 11. The van der Waals surface area contributed by atoms with E-state index in [2.05, 4.69) is 21.1 Å². The second-order valence-corrected chi connectivity index (χ2v) is 9.78. The van der Waals surface area contributed by atoms with Crippen molar-refractivity contribution in [2.75, 3.05) is 0 Å². The number of hydrazone groups is 2. The Bertz CT molecular complexity index is 1580. The molecule has 0 unspecified atom stereocenters. The molecule has 0 aliphatic heterocycles. The van der Waals surface area contributed by atoms with Crippen LogP contribution in [0.4, 0.5) is 0 Å². The minimum Gasteiger partial charge on any atom is -0.423 e. The van der Waals surface area contributed by atoms with Crippen LogP contribution < -0.4 is 20.3 Å². The van der Waals surface area contributed by atoms with Gasteiger partial charge in [-0.15, -0.1) is 0 Å². The van der Waals surface area contributed by atoms with Crippen molar-refractivity contribution in [3.8, 4) is 11.5 Å². The van der Waals surface area contributed by atoms with Crippen LogP contribution in [0.1, 0.15) is 44.7 Å². The zero-order valence-electron chi connectivity index (χ0n) is 22.9. The number of nitrogens with one attached hydrogen (secondary N) is 2. The van der Waals surface area contributed by atoms with E-state index in [4.69, 9.17) is 32.7 Å². The lowest BCUT2D eigenvalue weighted by Gasteiger charge is -2.06. The fourth-order valence-corrected chi connectivity index (χ4v) is 3.94. The number of nitrogens with zero attached hydrogens (tertiary/aromatic N) is 2. The first-order valence-corrected chi connectivity index (χ1v) is 13.8. The van der Waals surface area contributed by atoms with E-state index < -0.39 is 23.8 Å². The Morgan fingerprint density at radius 3 is 1.30 bits per heavy atom. The lowest BCUT2D eigenvalue weighted by Crippen LogP contribution is -2.22. The van der Waals surface area contributed by atoms with Crippen molar-refractivity contribution in [2.24, 2.45) is 10.2 Å². The monoisotopic (exact) mass is 630 g/mol. The van der Waals surface area contributed by atoms with Crippen LogP contribution in [0, 0.1) is 0 Å². The molecule has 0 aromatic heterocycles. The molecule has 0 aliphatic rings. The van der Waals surface area contributed by atoms with E-state index in [9.17, 15) is 19.2 Å². The quantitative estimate of drug-likeness (QED) is 0.0928. The third kappa shape index (κ3) is 9.62. The SMILES string of the molecule is O=C(CCC(=O)NN=Cc1ccc(OC(=O)c2ccccc2Cl)cc1)NN=Cc1ccc(OC(=O)c2ccccc2Cl)cc1. The van der Waals surface area contributed by atoms with E-state index in [-0.39, 0.29) is 24.0 Å². The van der Waals surface area contributed by atoms with Gasteiger partial charge in [0.1, 0.15) is 11.5 Å². The number of esters is 2. The van der Waals surface area contributed by atoms with Gasteiger partial charge in [0.15, 0.2) is 0 Å². The van der Waals surface area contributed by atoms with Gasteiger partial charge in [-0.3, -0.25) is 9.59 Å². The summed E-state index contributed by atoms with van der Waals surface area (Å²) in [5, 5.41) is 8.32. The number of carbonyl (C=O) groups excluding carboxylic acids is 4. The topological polar surface area (TPSA) is 136 Å². The van der Waals surface area contributed by atoms with Crippen molar-refractivity contribution in [2.45, 2.75) is 12.8 Å². The average molecular weight is 631 g/mol. The Morgan fingerprint density at radius 2 is 0.932 bits per heavy atom. The van der Waals surface area contributed by atoms with E-state index in [1.807, 2.05) is 0 Å². The highest BCUT2D eigenvalue weighted by molar-refractivity contribution is 6.34. The second-order valence-electron chi connectivity index (χ2n) is 8.96. The summed E-state index contributed by atoms with van der Waals surface area (Å²) in [5.41, 5.74) is 6.48. The second kappa shape index (κ2) is 15.8. The van der Waals surface area contributed by atoms with Gasteiger partial charge < -0.3 is 9.47 Å². The van der Waals surface area contributed by atoms with Crippen LogP contribution in [0.3, 0.4) is 0 Å². The molecule has 2 N–H and O–H groups in total. The van der Waals surface area contributed by atoms with E-state index in [1.54, 1.807) is 97.1 Å². The van der Waals surface area contributed by atoms with Gasteiger partial charge in [-0.25, -0.2) is 20.4 Å². The van der Waals surface area contributed by atoms with Gasteiger partial charge in [0.2, 0.25) is 11.8 Å². The maximum Gasteiger partial charge on any atom is 0.345 e. The summed E-state index contributed by atoms with van der Waals surface area (Å²) in [4.78, 5) is 48.6. The molecule has 0 bridgehead atoms. The fourth-order valence-electron chi connectivity index (χ4n) is 3.52. The normalized spacial score (nSPS) is 10.9. The number of amides is 2. The molecule has 4 aromatic rings. The first kappa shape index (κ1) is 31.6. The Balaban J connectivity index is 1.14. The van der Waals surface area contributed by atoms with Gasteiger partial charge in [-0.2, -0.15) is 10.2 Å². The van der Waals surface area contributed by atoms with Crippen LogP contribution in [-0.2, 0) is 9.59 Å². The predicted octanol–water partition coefficient (Wildman–Crippen LogP) is 5.81. The highest BCUT2D eigenvalue weighted by Gasteiger charge is 2.13. The number of hydrogen-bond donors (Lipinski definition) is 2. The number of benzene rings is 4. The third-order valence-corrected chi connectivity index (χ3v) is 6.41. The highest BCUT2D eigenvalue weighted by Crippen LogP contribution is 2.20. The van der Waals surface area contributed by atoms with E-state index >= 15 is 0 Å². The van der Waals surface area contributed by atoms with Crippen molar-refractivity contribution < 1.29 is 28.7 Å². The molecule has 4 rings (SSSR count). The Labute approximate surface area is 262 Å². The standard InChI is InChI=1S/C32H24Cl2N4O6/c33-27-7-3-1-5-25(27)31(41)43-23-13-9-21(10-14-23)19-35-37-29(39)17-18-30(40)38-36-20-22-11-15-24(16-12-22)44-32(42)26-6-2-4-8-28(26)34/h1-16,19-20H,17-18H2,(H,37,39)(H,38,40). The molecule has 0 saturated carbocycles.